The van der Waals surface area contributed by atoms with Gasteiger partial charge < -0.3 is 20.0 Å². The Morgan fingerprint density at radius 2 is 1.50 bits per heavy atom. The number of hydrogen-bond acceptors (Lipinski definition) is 4. The zero-order valence-corrected chi connectivity index (χ0v) is 17.7. The minimum absolute atomic E-state index is 0.0766. The number of piperidine rings is 1. The highest BCUT2D eigenvalue weighted by atomic mass is 32.1. The van der Waals surface area contributed by atoms with E-state index in [-0.39, 0.29) is 17.8 Å². The van der Waals surface area contributed by atoms with Crippen LogP contribution in [0, 0.1) is 0 Å². The standard InChI is InChI=1S/C22H26N4O3S/c27-20(19-8-5-15-30-19)23-18-7-4-6-17(16-18)21(28)24-11-13-26(14-12-24)22(29)25-9-2-1-3-10-25/h4-8,15-16H,1-3,9-14H2,(H,23,27). The molecule has 2 aromatic rings. The van der Waals surface area contributed by atoms with E-state index < -0.39 is 0 Å². The number of carbonyl (C=O) groups is 3. The molecule has 2 saturated heterocycles. The van der Waals surface area contributed by atoms with Gasteiger partial charge >= 0.3 is 6.03 Å². The zero-order valence-electron chi connectivity index (χ0n) is 16.9. The quantitative estimate of drug-likeness (QED) is 0.818. The molecule has 2 aliphatic rings. The van der Waals surface area contributed by atoms with Crippen LogP contribution in [0.5, 0.6) is 0 Å². The number of nitrogens with one attached hydrogen (secondary N) is 1. The van der Waals surface area contributed by atoms with E-state index in [0.717, 1.165) is 25.9 Å². The summed E-state index contributed by atoms with van der Waals surface area (Å²) < 4.78 is 0. The number of benzene rings is 1. The van der Waals surface area contributed by atoms with Gasteiger partial charge in [0.25, 0.3) is 11.8 Å². The first-order chi connectivity index (χ1) is 14.6. The lowest BCUT2D eigenvalue weighted by Crippen LogP contribution is -2.54. The summed E-state index contributed by atoms with van der Waals surface area (Å²) in [5.74, 6) is -0.258. The molecule has 0 bridgehead atoms. The Labute approximate surface area is 180 Å². The smallest absolute Gasteiger partial charge is 0.320 e. The third-order valence-corrected chi connectivity index (χ3v) is 6.44. The van der Waals surface area contributed by atoms with Crippen LogP contribution in [-0.2, 0) is 0 Å². The van der Waals surface area contributed by atoms with Crippen molar-refractivity contribution in [3.63, 3.8) is 0 Å². The Morgan fingerprint density at radius 1 is 0.800 bits per heavy atom. The minimum atomic E-state index is -0.181. The Balaban J connectivity index is 1.34. The molecule has 30 heavy (non-hydrogen) atoms. The monoisotopic (exact) mass is 426 g/mol. The van der Waals surface area contributed by atoms with Crippen LogP contribution in [0.1, 0.15) is 39.3 Å². The summed E-state index contributed by atoms with van der Waals surface area (Å²) in [6, 6.07) is 10.7. The second kappa shape index (κ2) is 9.30. The van der Waals surface area contributed by atoms with Crippen molar-refractivity contribution >= 4 is 34.9 Å². The predicted molar refractivity (Wildman–Crippen MR) is 117 cm³/mol. The molecule has 2 aliphatic heterocycles. The van der Waals surface area contributed by atoms with Gasteiger partial charge in [-0.25, -0.2) is 4.79 Å². The highest BCUT2D eigenvalue weighted by molar-refractivity contribution is 7.12. The number of carbonyl (C=O) groups excluding carboxylic acids is 3. The molecule has 1 aromatic carbocycles. The van der Waals surface area contributed by atoms with Crippen molar-refractivity contribution in [2.45, 2.75) is 19.3 Å². The molecular weight excluding hydrogens is 400 g/mol. The summed E-state index contributed by atoms with van der Waals surface area (Å²) in [6.07, 6.45) is 3.34. The number of amides is 4. The van der Waals surface area contributed by atoms with E-state index in [4.69, 9.17) is 0 Å². The maximum Gasteiger partial charge on any atom is 0.320 e. The molecule has 1 N–H and O–H groups in total. The van der Waals surface area contributed by atoms with Crippen molar-refractivity contribution < 1.29 is 14.4 Å². The zero-order chi connectivity index (χ0) is 20.9. The van der Waals surface area contributed by atoms with Gasteiger partial charge in [-0.1, -0.05) is 12.1 Å². The van der Waals surface area contributed by atoms with Crippen LogP contribution in [0.4, 0.5) is 10.5 Å². The van der Waals surface area contributed by atoms with Crippen LogP contribution in [0.3, 0.4) is 0 Å². The molecule has 2 fully saturated rings. The van der Waals surface area contributed by atoms with Crippen molar-refractivity contribution in [2.24, 2.45) is 0 Å². The summed E-state index contributed by atoms with van der Waals surface area (Å²) >= 11 is 1.37. The van der Waals surface area contributed by atoms with Crippen LogP contribution in [0.15, 0.2) is 41.8 Å². The number of hydrogen-bond donors (Lipinski definition) is 1. The van der Waals surface area contributed by atoms with Crippen molar-refractivity contribution in [1.29, 1.82) is 0 Å². The molecule has 3 heterocycles. The van der Waals surface area contributed by atoms with Crippen LogP contribution in [-0.4, -0.2) is 71.8 Å². The highest BCUT2D eigenvalue weighted by Gasteiger charge is 2.28. The number of anilines is 1. The Morgan fingerprint density at radius 3 is 2.20 bits per heavy atom. The Hall–Kier alpha value is -2.87. The third-order valence-electron chi connectivity index (χ3n) is 5.58. The number of nitrogens with zero attached hydrogens (tertiary/aromatic N) is 3. The van der Waals surface area contributed by atoms with Gasteiger partial charge in [-0.3, -0.25) is 9.59 Å². The van der Waals surface area contributed by atoms with Crippen LogP contribution in [0.2, 0.25) is 0 Å². The summed E-state index contributed by atoms with van der Waals surface area (Å²) in [5, 5.41) is 4.69. The van der Waals surface area contributed by atoms with E-state index in [1.54, 1.807) is 35.2 Å². The van der Waals surface area contributed by atoms with Crippen molar-refractivity contribution in [2.75, 3.05) is 44.6 Å². The first-order valence-corrected chi connectivity index (χ1v) is 11.3. The molecule has 0 unspecified atom stereocenters. The van der Waals surface area contributed by atoms with Gasteiger partial charge in [-0.2, -0.15) is 0 Å². The van der Waals surface area contributed by atoms with E-state index in [9.17, 15) is 14.4 Å². The average Bonchev–Trinajstić information content (AvgIpc) is 3.34. The fraction of sp³-hybridized carbons (Fsp3) is 0.409. The number of piperazine rings is 1. The second-order valence-electron chi connectivity index (χ2n) is 7.62. The maximum atomic E-state index is 12.9. The summed E-state index contributed by atoms with van der Waals surface area (Å²) in [5.41, 5.74) is 1.13. The number of likely N-dealkylation sites (tertiary alicyclic amines) is 1. The van der Waals surface area contributed by atoms with Crippen LogP contribution >= 0.6 is 11.3 Å². The molecular formula is C22H26N4O3S. The molecule has 0 atom stereocenters. The normalized spacial score (nSPS) is 17.0. The molecule has 8 heteroatoms. The number of rotatable bonds is 3. The molecule has 0 saturated carbocycles. The molecule has 0 spiro atoms. The largest absolute Gasteiger partial charge is 0.335 e. The lowest BCUT2D eigenvalue weighted by molar-refractivity contribution is 0.0633. The fourth-order valence-corrected chi connectivity index (χ4v) is 4.52. The molecule has 7 nitrogen and oxygen atoms in total. The molecule has 1 aromatic heterocycles. The minimum Gasteiger partial charge on any atom is -0.335 e. The Kier molecular flexibility index (Phi) is 6.32. The third kappa shape index (κ3) is 4.64. The van der Waals surface area contributed by atoms with Gasteiger partial charge in [0.2, 0.25) is 0 Å². The maximum absolute atomic E-state index is 12.9. The lowest BCUT2D eigenvalue weighted by atomic mass is 10.1. The first-order valence-electron chi connectivity index (χ1n) is 10.4. The van der Waals surface area contributed by atoms with E-state index in [1.165, 1.54) is 17.8 Å². The van der Waals surface area contributed by atoms with E-state index in [2.05, 4.69) is 5.32 Å². The number of urea groups is 1. The summed E-state index contributed by atoms with van der Waals surface area (Å²) in [6.45, 7) is 3.81. The van der Waals surface area contributed by atoms with E-state index >= 15 is 0 Å². The molecule has 158 valence electrons. The van der Waals surface area contributed by atoms with Crippen LogP contribution < -0.4 is 5.32 Å². The molecule has 4 amide bonds. The van der Waals surface area contributed by atoms with Crippen LogP contribution in [0.25, 0.3) is 0 Å². The molecule has 0 aliphatic carbocycles. The van der Waals surface area contributed by atoms with Crippen molar-refractivity contribution in [3.05, 3.63) is 52.2 Å². The summed E-state index contributed by atoms with van der Waals surface area (Å²) in [7, 11) is 0. The topological polar surface area (TPSA) is 73.0 Å². The van der Waals surface area contributed by atoms with E-state index in [1.807, 2.05) is 21.2 Å². The summed E-state index contributed by atoms with van der Waals surface area (Å²) in [4.78, 5) is 44.0. The molecule has 4 rings (SSSR count). The average molecular weight is 427 g/mol. The second-order valence-corrected chi connectivity index (χ2v) is 8.57. The highest BCUT2D eigenvalue weighted by Crippen LogP contribution is 2.18. The first kappa shape index (κ1) is 20.4. The van der Waals surface area contributed by atoms with Gasteiger partial charge in [-0.05, 0) is 48.9 Å². The molecule has 0 radical (unpaired) electrons. The lowest BCUT2D eigenvalue weighted by Gasteiger charge is -2.38. The van der Waals surface area contributed by atoms with Gasteiger partial charge in [0.15, 0.2) is 0 Å². The Bertz CT molecular complexity index is 901. The van der Waals surface area contributed by atoms with Crippen molar-refractivity contribution in [3.8, 4) is 0 Å². The predicted octanol–water partition coefficient (Wildman–Crippen LogP) is 3.36. The van der Waals surface area contributed by atoms with Gasteiger partial charge in [-0.15, -0.1) is 11.3 Å². The van der Waals surface area contributed by atoms with Gasteiger partial charge in [0.1, 0.15) is 0 Å². The number of thiophene rings is 1. The fourth-order valence-electron chi connectivity index (χ4n) is 3.90. The van der Waals surface area contributed by atoms with Gasteiger partial charge in [0, 0.05) is 50.5 Å². The van der Waals surface area contributed by atoms with Gasteiger partial charge in [0.05, 0.1) is 4.88 Å². The van der Waals surface area contributed by atoms with E-state index in [0.29, 0.717) is 42.3 Å². The van der Waals surface area contributed by atoms with Crippen molar-refractivity contribution in [1.82, 2.24) is 14.7 Å². The SMILES string of the molecule is O=C(Nc1cccc(C(=O)N2CCN(C(=O)N3CCCCC3)CC2)c1)c1cccs1.